The number of anilines is 1. The maximum absolute atomic E-state index is 13.5. The normalized spacial score (nSPS) is 15.7. The monoisotopic (exact) mass is 476 g/mol. The third-order valence-electron chi connectivity index (χ3n) is 6.49. The first-order valence-electron chi connectivity index (χ1n) is 11.6. The highest BCUT2D eigenvalue weighted by atomic mass is 32.1. The minimum atomic E-state index is -0.109. The van der Waals surface area contributed by atoms with E-state index in [1.165, 1.54) is 4.88 Å². The van der Waals surface area contributed by atoms with E-state index < -0.39 is 0 Å². The maximum atomic E-state index is 13.5. The zero-order valence-corrected chi connectivity index (χ0v) is 21.3. The molecule has 1 N–H and O–H groups in total. The summed E-state index contributed by atoms with van der Waals surface area (Å²) in [6.07, 6.45) is 4.71. The Bertz CT molecular complexity index is 1190. The second kappa shape index (κ2) is 10.0. The summed E-state index contributed by atoms with van der Waals surface area (Å²) in [7, 11) is 3.27. The Labute approximate surface area is 205 Å². The van der Waals surface area contributed by atoms with Crippen molar-refractivity contribution >= 4 is 34.1 Å². The van der Waals surface area contributed by atoms with Crippen molar-refractivity contribution in [3.05, 3.63) is 70.1 Å². The molecule has 6 heteroatoms. The first-order valence-corrected chi connectivity index (χ1v) is 12.4. The summed E-state index contributed by atoms with van der Waals surface area (Å²) in [6.45, 7) is 6.90. The van der Waals surface area contributed by atoms with Crippen LogP contribution >= 0.6 is 11.3 Å². The maximum Gasteiger partial charge on any atom is 0.259 e. The van der Waals surface area contributed by atoms with Crippen molar-refractivity contribution in [3.8, 4) is 11.5 Å². The fourth-order valence-corrected chi connectivity index (χ4v) is 5.69. The minimum absolute atomic E-state index is 0.109. The van der Waals surface area contributed by atoms with E-state index in [1.54, 1.807) is 31.8 Å². The van der Waals surface area contributed by atoms with Gasteiger partial charge in [0.15, 0.2) is 0 Å². The highest BCUT2D eigenvalue weighted by Gasteiger charge is 2.33. The van der Waals surface area contributed by atoms with Gasteiger partial charge in [-0.05, 0) is 66.5 Å². The number of hydrogen-bond acceptors (Lipinski definition) is 5. The molecular weight excluding hydrogens is 444 g/mol. The first-order chi connectivity index (χ1) is 16.3. The highest BCUT2D eigenvalue weighted by molar-refractivity contribution is 7.16. The SMILES string of the molecule is COc1ccc(OC)c(C=Nc2sc3c(c2C(=O)Nc2ccccc2)CCC(C(C)(C)C)C3)c1. The molecule has 1 unspecified atom stereocenters. The summed E-state index contributed by atoms with van der Waals surface area (Å²) < 4.78 is 10.9. The van der Waals surface area contributed by atoms with Crippen LogP contribution in [0.25, 0.3) is 0 Å². The van der Waals surface area contributed by atoms with Crippen molar-refractivity contribution in [2.45, 2.75) is 40.0 Å². The molecule has 34 heavy (non-hydrogen) atoms. The summed E-state index contributed by atoms with van der Waals surface area (Å²) >= 11 is 1.63. The van der Waals surface area contributed by atoms with Gasteiger partial charge in [0, 0.05) is 22.3 Å². The Morgan fingerprint density at radius 1 is 1.12 bits per heavy atom. The van der Waals surface area contributed by atoms with Gasteiger partial charge in [-0.1, -0.05) is 39.0 Å². The standard InChI is InChI=1S/C28H32N2O3S/c1-28(2,3)19-11-13-22-24(16-19)34-27(25(22)26(31)30-20-9-7-6-8-10-20)29-17-18-15-21(32-4)12-14-23(18)33-5/h6-10,12,14-15,17,19H,11,13,16H2,1-5H3,(H,30,31). The zero-order chi connectivity index (χ0) is 24.3. The Hall–Kier alpha value is -3.12. The number of thiophene rings is 1. The zero-order valence-electron chi connectivity index (χ0n) is 20.5. The molecule has 0 aliphatic heterocycles. The molecule has 0 saturated heterocycles. The smallest absolute Gasteiger partial charge is 0.259 e. The first kappa shape index (κ1) is 24.0. The van der Waals surface area contributed by atoms with Crippen LogP contribution in [0.2, 0.25) is 0 Å². The lowest BCUT2D eigenvalue weighted by Gasteiger charge is -2.33. The molecule has 1 aliphatic carbocycles. The van der Waals surface area contributed by atoms with Gasteiger partial charge in [-0.15, -0.1) is 11.3 Å². The van der Waals surface area contributed by atoms with Crippen LogP contribution < -0.4 is 14.8 Å². The molecule has 5 nitrogen and oxygen atoms in total. The van der Waals surface area contributed by atoms with Crippen LogP contribution in [0.1, 0.15) is 53.6 Å². The largest absolute Gasteiger partial charge is 0.497 e. The Kier molecular flexibility index (Phi) is 7.08. The van der Waals surface area contributed by atoms with E-state index in [-0.39, 0.29) is 11.3 Å². The average molecular weight is 477 g/mol. The van der Waals surface area contributed by atoms with E-state index in [2.05, 4.69) is 26.1 Å². The van der Waals surface area contributed by atoms with Crippen molar-refractivity contribution in [3.63, 3.8) is 0 Å². The Morgan fingerprint density at radius 3 is 2.56 bits per heavy atom. The van der Waals surface area contributed by atoms with Gasteiger partial charge in [-0.3, -0.25) is 4.79 Å². The summed E-state index contributed by atoms with van der Waals surface area (Å²) in [5, 5.41) is 3.80. The van der Waals surface area contributed by atoms with Gasteiger partial charge < -0.3 is 14.8 Å². The van der Waals surface area contributed by atoms with Crippen LogP contribution in [-0.4, -0.2) is 26.3 Å². The number of nitrogens with one attached hydrogen (secondary N) is 1. The van der Waals surface area contributed by atoms with Crippen molar-refractivity contribution in [1.29, 1.82) is 0 Å². The van der Waals surface area contributed by atoms with E-state index in [0.29, 0.717) is 17.2 Å². The number of benzene rings is 2. The molecule has 0 fully saturated rings. The minimum Gasteiger partial charge on any atom is -0.497 e. The molecule has 178 valence electrons. The van der Waals surface area contributed by atoms with Crippen LogP contribution in [0.5, 0.6) is 11.5 Å². The predicted octanol–water partition coefficient (Wildman–Crippen LogP) is 6.92. The van der Waals surface area contributed by atoms with Crippen molar-refractivity contribution in [1.82, 2.24) is 0 Å². The average Bonchev–Trinajstić information content (AvgIpc) is 3.20. The number of para-hydroxylation sites is 1. The van der Waals surface area contributed by atoms with E-state index in [9.17, 15) is 4.79 Å². The quantitative estimate of drug-likeness (QED) is 0.393. The summed E-state index contributed by atoms with van der Waals surface area (Å²) in [5.41, 5.74) is 3.64. The molecule has 1 atom stereocenters. The fourth-order valence-electron chi connectivity index (χ4n) is 4.42. The summed E-state index contributed by atoms with van der Waals surface area (Å²) in [6, 6.07) is 15.2. The number of ether oxygens (including phenoxy) is 2. The highest BCUT2D eigenvalue weighted by Crippen LogP contribution is 2.45. The lowest BCUT2D eigenvalue weighted by molar-refractivity contribution is 0.102. The number of carbonyl (C=O) groups excluding carboxylic acids is 1. The number of rotatable bonds is 6. The second-order valence-electron chi connectivity index (χ2n) is 9.68. The van der Waals surface area contributed by atoms with Gasteiger partial charge >= 0.3 is 0 Å². The summed E-state index contributed by atoms with van der Waals surface area (Å²) in [5.74, 6) is 1.90. The number of hydrogen-bond donors (Lipinski definition) is 1. The topological polar surface area (TPSA) is 59.9 Å². The van der Waals surface area contributed by atoms with Gasteiger partial charge in [-0.2, -0.15) is 0 Å². The van der Waals surface area contributed by atoms with Gasteiger partial charge in [0.05, 0.1) is 19.8 Å². The van der Waals surface area contributed by atoms with Gasteiger partial charge in [0.1, 0.15) is 16.5 Å². The lowest BCUT2D eigenvalue weighted by Crippen LogP contribution is -2.27. The third-order valence-corrected chi connectivity index (χ3v) is 7.65. The number of fused-ring (bicyclic) bond motifs is 1. The number of methoxy groups -OCH3 is 2. The van der Waals surface area contributed by atoms with Gasteiger partial charge in [0.2, 0.25) is 0 Å². The van der Waals surface area contributed by atoms with E-state index in [0.717, 1.165) is 46.8 Å². The third kappa shape index (κ3) is 5.17. The molecule has 1 aliphatic rings. The molecular formula is C28H32N2O3S. The molecule has 0 saturated carbocycles. The number of amides is 1. The molecule has 4 rings (SSSR count). The number of aliphatic imine (C=N–C) groups is 1. The molecule has 2 aromatic carbocycles. The van der Waals surface area contributed by atoms with Crippen molar-refractivity contribution in [2.24, 2.45) is 16.3 Å². The van der Waals surface area contributed by atoms with Gasteiger partial charge in [0.25, 0.3) is 5.91 Å². The van der Waals surface area contributed by atoms with Crippen LogP contribution in [0.4, 0.5) is 10.7 Å². The number of carbonyl (C=O) groups is 1. The van der Waals surface area contributed by atoms with Crippen molar-refractivity contribution < 1.29 is 14.3 Å². The van der Waals surface area contributed by atoms with Crippen LogP contribution in [0.3, 0.4) is 0 Å². The molecule has 3 aromatic rings. The summed E-state index contributed by atoms with van der Waals surface area (Å²) in [4.78, 5) is 19.5. The molecule has 0 bridgehead atoms. The van der Waals surface area contributed by atoms with E-state index in [4.69, 9.17) is 14.5 Å². The molecule has 0 radical (unpaired) electrons. The van der Waals surface area contributed by atoms with Crippen LogP contribution in [0.15, 0.2) is 53.5 Å². The molecule has 1 aromatic heterocycles. The van der Waals surface area contributed by atoms with Crippen LogP contribution in [0, 0.1) is 11.3 Å². The van der Waals surface area contributed by atoms with Gasteiger partial charge in [-0.25, -0.2) is 4.99 Å². The molecule has 1 amide bonds. The number of nitrogens with zero attached hydrogens (tertiary/aromatic N) is 1. The lowest BCUT2D eigenvalue weighted by atomic mass is 9.72. The van der Waals surface area contributed by atoms with Crippen molar-refractivity contribution in [2.75, 3.05) is 19.5 Å². The Morgan fingerprint density at radius 2 is 1.88 bits per heavy atom. The predicted molar refractivity (Wildman–Crippen MR) is 140 cm³/mol. The Balaban J connectivity index is 1.73. The van der Waals surface area contributed by atoms with E-state index >= 15 is 0 Å². The second-order valence-corrected chi connectivity index (χ2v) is 10.8. The van der Waals surface area contributed by atoms with Crippen LogP contribution in [-0.2, 0) is 12.8 Å². The molecule has 0 spiro atoms. The van der Waals surface area contributed by atoms with E-state index in [1.807, 2.05) is 48.5 Å². The fraction of sp³-hybridized carbons (Fsp3) is 0.357. The molecule has 1 heterocycles.